The number of rotatable bonds is 6. The van der Waals surface area contributed by atoms with Crippen LogP contribution in [0.15, 0.2) is 58.0 Å². The number of oxazole rings is 1. The van der Waals surface area contributed by atoms with Crippen molar-refractivity contribution in [2.75, 3.05) is 6.61 Å². The van der Waals surface area contributed by atoms with Crippen molar-refractivity contribution in [3.05, 3.63) is 65.8 Å². The van der Waals surface area contributed by atoms with Gasteiger partial charge in [-0.05, 0) is 57.2 Å². The molecule has 0 aliphatic carbocycles. The predicted octanol–water partition coefficient (Wildman–Crippen LogP) is 5.24. The second-order valence-electron chi connectivity index (χ2n) is 7.08. The highest BCUT2D eigenvalue weighted by Gasteiger charge is 2.16. The number of para-hydroxylation sites is 2. The van der Waals surface area contributed by atoms with Crippen LogP contribution in [0, 0.1) is 13.8 Å². The van der Waals surface area contributed by atoms with E-state index in [1.54, 1.807) is 11.8 Å². The first-order chi connectivity index (χ1) is 15.1. The Labute approximate surface area is 183 Å². The summed E-state index contributed by atoms with van der Waals surface area (Å²) in [5, 5.41) is 9.43. The highest BCUT2D eigenvalue weighted by atomic mass is 32.2. The van der Waals surface area contributed by atoms with Gasteiger partial charge in [-0.1, -0.05) is 23.9 Å². The van der Waals surface area contributed by atoms with Gasteiger partial charge in [0.25, 0.3) is 0 Å². The van der Waals surface area contributed by atoms with E-state index >= 15 is 0 Å². The maximum atomic E-state index is 5.93. The Kier molecular flexibility index (Phi) is 5.07. The fraction of sp³-hybridized carbons (Fsp3) is 0.217. The Hall–Kier alpha value is -3.39. The molecule has 0 N–H and O–H groups in total. The van der Waals surface area contributed by atoms with Crippen LogP contribution in [-0.2, 0) is 5.75 Å². The molecular weight excluding hydrogens is 410 g/mol. The molecule has 5 rings (SSSR count). The lowest BCUT2D eigenvalue weighted by Gasteiger charge is -2.06. The molecular formula is C23H21N5O2S. The number of fused-ring (bicyclic) bond motifs is 3. The predicted molar refractivity (Wildman–Crippen MR) is 120 cm³/mol. The average molecular weight is 432 g/mol. The number of nitrogens with zero attached hydrogens (tertiary/aromatic N) is 5. The second-order valence-corrected chi connectivity index (χ2v) is 8.04. The summed E-state index contributed by atoms with van der Waals surface area (Å²) in [6.45, 7) is 6.49. The summed E-state index contributed by atoms with van der Waals surface area (Å²) < 4.78 is 13.5. The molecule has 2 aromatic carbocycles. The zero-order chi connectivity index (χ0) is 21.4. The first-order valence-electron chi connectivity index (χ1n) is 10.1. The van der Waals surface area contributed by atoms with Gasteiger partial charge < -0.3 is 9.15 Å². The van der Waals surface area contributed by atoms with Crippen LogP contribution in [0.3, 0.4) is 0 Å². The molecule has 156 valence electrons. The molecule has 8 heteroatoms. The molecule has 31 heavy (non-hydrogen) atoms. The third-order valence-corrected chi connectivity index (χ3v) is 5.98. The minimum Gasteiger partial charge on any atom is -0.494 e. The summed E-state index contributed by atoms with van der Waals surface area (Å²) >= 11 is 1.59. The Morgan fingerprint density at radius 1 is 1.00 bits per heavy atom. The standard InChI is InChI=1S/C23H21N5O2S/c1-4-29-17-11-9-16(10-12-17)22-24-19(14(2)30-22)13-31-23-21-27-26-15(3)28(21)20-8-6-5-7-18(20)25-23/h5-12H,4,13H2,1-3H3. The van der Waals surface area contributed by atoms with Crippen molar-refractivity contribution in [3.63, 3.8) is 0 Å². The molecule has 5 aromatic rings. The number of aryl methyl sites for hydroxylation is 2. The topological polar surface area (TPSA) is 78.3 Å². The average Bonchev–Trinajstić information content (AvgIpc) is 3.36. The zero-order valence-electron chi connectivity index (χ0n) is 17.5. The summed E-state index contributed by atoms with van der Waals surface area (Å²) in [4.78, 5) is 9.54. The number of hydrogen-bond donors (Lipinski definition) is 0. The molecule has 0 radical (unpaired) electrons. The van der Waals surface area contributed by atoms with Crippen molar-refractivity contribution in [1.29, 1.82) is 0 Å². The van der Waals surface area contributed by atoms with Gasteiger partial charge in [-0.25, -0.2) is 9.97 Å². The molecule has 0 atom stereocenters. The van der Waals surface area contributed by atoms with Gasteiger partial charge in [0.05, 0.1) is 23.3 Å². The summed E-state index contributed by atoms with van der Waals surface area (Å²) in [5.74, 6) is 3.70. The lowest BCUT2D eigenvalue weighted by atomic mass is 10.2. The van der Waals surface area contributed by atoms with Crippen molar-refractivity contribution in [2.24, 2.45) is 0 Å². The second kappa shape index (κ2) is 8.03. The Morgan fingerprint density at radius 3 is 2.61 bits per heavy atom. The molecule has 0 spiro atoms. The van der Waals surface area contributed by atoms with Crippen LogP contribution < -0.4 is 4.74 Å². The molecule has 0 aliphatic heterocycles. The maximum absolute atomic E-state index is 5.93. The van der Waals surface area contributed by atoms with E-state index in [0.717, 1.165) is 50.3 Å². The third kappa shape index (κ3) is 3.63. The lowest BCUT2D eigenvalue weighted by Crippen LogP contribution is -1.97. The molecule has 0 fully saturated rings. The van der Waals surface area contributed by atoms with Gasteiger partial charge in [-0.2, -0.15) is 0 Å². The molecule has 0 aliphatic rings. The molecule has 3 aromatic heterocycles. The van der Waals surface area contributed by atoms with Crippen molar-refractivity contribution in [1.82, 2.24) is 24.6 Å². The molecule has 0 bridgehead atoms. The zero-order valence-corrected chi connectivity index (χ0v) is 18.3. The van der Waals surface area contributed by atoms with Crippen LogP contribution in [0.4, 0.5) is 0 Å². The van der Waals surface area contributed by atoms with Crippen LogP contribution in [-0.4, -0.2) is 31.2 Å². The molecule has 0 unspecified atom stereocenters. The van der Waals surface area contributed by atoms with Gasteiger partial charge in [-0.15, -0.1) is 10.2 Å². The Bertz CT molecular complexity index is 1370. The minimum absolute atomic E-state index is 0.603. The van der Waals surface area contributed by atoms with Gasteiger partial charge in [0, 0.05) is 11.3 Å². The SMILES string of the molecule is CCOc1ccc(-c2nc(CSc3nc4ccccc4n4c(C)nnc34)c(C)o2)cc1. The fourth-order valence-electron chi connectivity index (χ4n) is 3.48. The quantitative estimate of drug-likeness (QED) is 0.340. The summed E-state index contributed by atoms with van der Waals surface area (Å²) in [6.07, 6.45) is 0. The number of ether oxygens (including phenoxy) is 1. The largest absolute Gasteiger partial charge is 0.494 e. The van der Waals surface area contributed by atoms with Crippen molar-refractivity contribution < 1.29 is 9.15 Å². The number of hydrogen-bond acceptors (Lipinski definition) is 7. The lowest BCUT2D eigenvalue weighted by molar-refractivity contribution is 0.340. The van der Waals surface area contributed by atoms with Crippen molar-refractivity contribution in [3.8, 4) is 17.2 Å². The van der Waals surface area contributed by atoms with Crippen LogP contribution in [0.5, 0.6) is 5.75 Å². The molecule has 0 saturated carbocycles. The molecule has 7 nitrogen and oxygen atoms in total. The normalized spacial score (nSPS) is 11.5. The van der Waals surface area contributed by atoms with Crippen molar-refractivity contribution >= 4 is 28.4 Å². The van der Waals surface area contributed by atoms with Gasteiger partial charge in [0.1, 0.15) is 22.4 Å². The van der Waals surface area contributed by atoms with E-state index in [1.807, 2.05) is 73.7 Å². The number of benzene rings is 2. The fourth-order valence-corrected chi connectivity index (χ4v) is 4.44. The van der Waals surface area contributed by atoms with E-state index in [9.17, 15) is 0 Å². The van der Waals surface area contributed by atoms with E-state index in [4.69, 9.17) is 19.1 Å². The Balaban J connectivity index is 1.43. The highest BCUT2D eigenvalue weighted by molar-refractivity contribution is 7.98. The summed E-state index contributed by atoms with van der Waals surface area (Å²) in [7, 11) is 0. The number of thioether (sulfide) groups is 1. The first kappa shape index (κ1) is 19.6. The van der Waals surface area contributed by atoms with Crippen LogP contribution in [0.1, 0.15) is 24.2 Å². The summed E-state index contributed by atoms with van der Waals surface area (Å²) in [5.41, 5.74) is 4.47. The third-order valence-electron chi connectivity index (χ3n) is 5.01. The van der Waals surface area contributed by atoms with Crippen molar-refractivity contribution in [2.45, 2.75) is 31.6 Å². The highest BCUT2D eigenvalue weighted by Crippen LogP contribution is 2.31. The summed E-state index contributed by atoms with van der Waals surface area (Å²) in [6, 6.07) is 15.8. The van der Waals surface area contributed by atoms with Gasteiger partial charge in [0.2, 0.25) is 5.89 Å². The van der Waals surface area contributed by atoms with Gasteiger partial charge >= 0.3 is 0 Å². The van der Waals surface area contributed by atoms with Gasteiger partial charge in [0.15, 0.2) is 5.65 Å². The van der Waals surface area contributed by atoms with E-state index in [0.29, 0.717) is 18.3 Å². The molecule has 0 amide bonds. The molecule has 0 saturated heterocycles. The smallest absolute Gasteiger partial charge is 0.226 e. The van der Waals surface area contributed by atoms with Crippen LogP contribution >= 0.6 is 11.8 Å². The molecule has 3 heterocycles. The van der Waals surface area contributed by atoms with E-state index in [2.05, 4.69) is 10.2 Å². The minimum atomic E-state index is 0.603. The van der Waals surface area contributed by atoms with E-state index in [-0.39, 0.29) is 0 Å². The van der Waals surface area contributed by atoms with E-state index < -0.39 is 0 Å². The van der Waals surface area contributed by atoms with Crippen LogP contribution in [0.2, 0.25) is 0 Å². The first-order valence-corrected chi connectivity index (χ1v) is 11.1. The van der Waals surface area contributed by atoms with Crippen LogP contribution in [0.25, 0.3) is 28.1 Å². The Morgan fingerprint density at radius 2 is 1.81 bits per heavy atom. The maximum Gasteiger partial charge on any atom is 0.226 e. The van der Waals surface area contributed by atoms with Gasteiger partial charge in [-0.3, -0.25) is 4.40 Å². The monoisotopic (exact) mass is 431 g/mol. The van der Waals surface area contributed by atoms with E-state index in [1.165, 1.54) is 0 Å². The number of aromatic nitrogens is 5.